The van der Waals surface area contributed by atoms with Crippen LogP contribution in [0.4, 0.5) is 0 Å². The molecular weight excluding hydrogens is 290 g/mol. The highest BCUT2D eigenvalue weighted by atomic mass is 14.7. The van der Waals surface area contributed by atoms with Crippen molar-refractivity contribution in [3.8, 4) is 11.3 Å². The number of aromatic nitrogens is 1. The van der Waals surface area contributed by atoms with Crippen LogP contribution in [0.5, 0.6) is 0 Å². The molecule has 0 atom stereocenters. The van der Waals surface area contributed by atoms with E-state index in [0.29, 0.717) is 5.92 Å². The number of hydrogen-bond acceptors (Lipinski definition) is 1. The standard InChI is InChI=1S/C23H27N/c1-15(2)20-14-22(24-21-10-8-7-9-19(20)21)17-11-16(3)12-18(13-17)23(4,5)6/h7-15H,1-6H3. The van der Waals surface area contributed by atoms with E-state index in [1.54, 1.807) is 0 Å². The fraction of sp³-hybridized carbons (Fsp3) is 0.348. The molecule has 0 unspecified atom stereocenters. The molecule has 1 nitrogen and oxygen atoms in total. The molecule has 0 bridgehead atoms. The third-order valence-corrected chi connectivity index (χ3v) is 4.61. The molecule has 0 aliphatic heterocycles. The van der Waals surface area contributed by atoms with E-state index in [1.807, 2.05) is 0 Å². The lowest BCUT2D eigenvalue weighted by Gasteiger charge is -2.21. The Morgan fingerprint density at radius 3 is 2.29 bits per heavy atom. The summed E-state index contributed by atoms with van der Waals surface area (Å²) >= 11 is 0. The largest absolute Gasteiger partial charge is 0.248 e. The lowest BCUT2D eigenvalue weighted by atomic mass is 9.84. The fourth-order valence-electron chi connectivity index (χ4n) is 3.19. The van der Waals surface area contributed by atoms with Crippen LogP contribution in [0.25, 0.3) is 22.2 Å². The maximum absolute atomic E-state index is 4.95. The Morgan fingerprint density at radius 1 is 0.917 bits per heavy atom. The van der Waals surface area contributed by atoms with E-state index < -0.39 is 0 Å². The lowest BCUT2D eigenvalue weighted by molar-refractivity contribution is 0.590. The summed E-state index contributed by atoms with van der Waals surface area (Å²) in [5.74, 6) is 0.476. The first kappa shape index (κ1) is 16.7. The molecular formula is C23H27N. The van der Waals surface area contributed by atoms with E-state index in [9.17, 15) is 0 Å². The Kier molecular flexibility index (Phi) is 4.21. The monoisotopic (exact) mass is 317 g/mol. The number of aryl methyl sites for hydroxylation is 1. The van der Waals surface area contributed by atoms with Crippen molar-refractivity contribution in [2.24, 2.45) is 0 Å². The maximum atomic E-state index is 4.95. The quantitative estimate of drug-likeness (QED) is 0.517. The number of benzene rings is 2. The Hall–Kier alpha value is -2.15. The molecule has 24 heavy (non-hydrogen) atoms. The predicted octanol–water partition coefficient (Wildman–Crippen LogP) is 6.63. The molecule has 0 aliphatic rings. The topological polar surface area (TPSA) is 12.9 Å². The molecule has 3 aromatic rings. The summed E-state index contributed by atoms with van der Waals surface area (Å²) in [6.07, 6.45) is 0. The van der Waals surface area contributed by atoms with Crippen molar-refractivity contribution in [2.75, 3.05) is 0 Å². The molecule has 0 N–H and O–H groups in total. The van der Waals surface area contributed by atoms with Crippen molar-refractivity contribution in [1.82, 2.24) is 4.98 Å². The van der Waals surface area contributed by atoms with Gasteiger partial charge in [0.1, 0.15) is 0 Å². The van der Waals surface area contributed by atoms with Gasteiger partial charge < -0.3 is 0 Å². The molecule has 1 heteroatoms. The molecule has 3 rings (SSSR count). The Morgan fingerprint density at radius 2 is 1.62 bits per heavy atom. The highest BCUT2D eigenvalue weighted by Gasteiger charge is 2.16. The molecule has 0 aliphatic carbocycles. The third-order valence-electron chi connectivity index (χ3n) is 4.61. The number of pyridine rings is 1. The van der Waals surface area contributed by atoms with Gasteiger partial charge in [-0.3, -0.25) is 0 Å². The van der Waals surface area contributed by atoms with Crippen LogP contribution in [0.3, 0.4) is 0 Å². The molecule has 124 valence electrons. The van der Waals surface area contributed by atoms with Crippen molar-refractivity contribution >= 4 is 10.9 Å². The second kappa shape index (κ2) is 6.05. The highest BCUT2D eigenvalue weighted by molar-refractivity contribution is 5.85. The van der Waals surface area contributed by atoms with Crippen LogP contribution in [0.2, 0.25) is 0 Å². The van der Waals surface area contributed by atoms with E-state index in [0.717, 1.165) is 11.2 Å². The molecule has 0 radical (unpaired) electrons. The van der Waals surface area contributed by atoms with Crippen molar-refractivity contribution in [2.45, 2.75) is 52.9 Å². The predicted molar refractivity (Wildman–Crippen MR) is 105 cm³/mol. The van der Waals surface area contributed by atoms with Gasteiger partial charge in [0.25, 0.3) is 0 Å². The highest BCUT2D eigenvalue weighted by Crippen LogP contribution is 2.32. The van der Waals surface area contributed by atoms with Gasteiger partial charge in [-0.05, 0) is 53.6 Å². The van der Waals surface area contributed by atoms with Crippen molar-refractivity contribution in [3.05, 3.63) is 65.2 Å². The number of fused-ring (bicyclic) bond motifs is 1. The molecule has 1 aromatic heterocycles. The Bertz CT molecular complexity index is 882. The number of nitrogens with zero attached hydrogens (tertiary/aromatic N) is 1. The van der Waals surface area contributed by atoms with Gasteiger partial charge in [0.05, 0.1) is 11.2 Å². The lowest BCUT2D eigenvalue weighted by Crippen LogP contribution is -2.11. The van der Waals surface area contributed by atoms with Crippen LogP contribution in [-0.2, 0) is 5.41 Å². The number of hydrogen-bond donors (Lipinski definition) is 0. The summed E-state index contributed by atoms with van der Waals surface area (Å²) in [5.41, 5.74) is 7.53. The first-order valence-corrected chi connectivity index (χ1v) is 8.78. The van der Waals surface area contributed by atoms with Gasteiger partial charge in [-0.15, -0.1) is 0 Å². The van der Waals surface area contributed by atoms with E-state index in [-0.39, 0.29) is 5.41 Å². The average molecular weight is 317 g/mol. The maximum Gasteiger partial charge on any atom is 0.0712 e. The molecule has 0 saturated heterocycles. The molecule has 0 amide bonds. The van der Waals surface area contributed by atoms with Gasteiger partial charge in [-0.1, -0.05) is 64.4 Å². The first-order valence-electron chi connectivity index (χ1n) is 8.78. The Labute approximate surface area is 145 Å². The number of rotatable bonds is 2. The van der Waals surface area contributed by atoms with Gasteiger partial charge in [-0.25, -0.2) is 4.98 Å². The number of para-hydroxylation sites is 1. The summed E-state index contributed by atoms with van der Waals surface area (Å²) in [7, 11) is 0. The SMILES string of the molecule is Cc1cc(-c2cc(C(C)C)c3ccccc3n2)cc(C(C)(C)C)c1. The summed E-state index contributed by atoms with van der Waals surface area (Å²) in [6, 6.07) is 17.6. The molecule has 0 spiro atoms. The second-order valence-corrected chi connectivity index (χ2v) is 8.11. The minimum Gasteiger partial charge on any atom is -0.248 e. The minimum atomic E-state index is 0.137. The van der Waals surface area contributed by atoms with Gasteiger partial charge >= 0.3 is 0 Å². The van der Waals surface area contributed by atoms with E-state index in [1.165, 1.54) is 27.6 Å². The van der Waals surface area contributed by atoms with E-state index in [4.69, 9.17) is 4.98 Å². The zero-order valence-corrected chi connectivity index (χ0v) is 15.6. The average Bonchev–Trinajstić information content (AvgIpc) is 2.52. The van der Waals surface area contributed by atoms with Crippen LogP contribution < -0.4 is 0 Å². The molecule has 2 aromatic carbocycles. The van der Waals surface area contributed by atoms with Gasteiger partial charge in [0.2, 0.25) is 0 Å². The second-order valence-electron chi connectivity index (χ2n) is 8.11. The van der Waals surface area contributed by atoms with Crippen molar-refractivity contribution in [3.63, 3.8) is 0 Å². The van der Waals surface area contributed by atoms with Crippen LogP contribution in [0.1, 0.15) is 57.2 Å². The van der Waals surface area contributed by atoms with E-state index in [2.05, 4.69) is 90.1 Å². The zero-order valence-electron chi connectivity index (χ0n) is 15.6. The smallest absolute Gasteiger partial charge is 0.0712 e. The minimum absolute atomic E-state index is 0.137. The van der Waals surface area contributed by atoms with Gasteiger partial charge in [-0.2, -0.15) is 0 Å². The van der Waals surface area contributed by atoms with Crippen LogP contribution in [0.15, 0.2) is 48.5 Å². The summed E-state index contributed by atoms with van der Waals surface area (Å²) < 4.78 is 0. The van der Waals surface area contributed by atoms with E-state index >= 15 is 0 Å². The third kappa shape index (κ3) is 3.21. The van der Waals surface area contributed by atoms with Crippen LogP contribution >= 0.6 is 0 Å². The van der Waals surface area contributed by atoms with Gasteiger partial charge in [0, 0.05) is 10.9 Å². The van der Waals surface area contributed by atoms with Crippen molar-refractivity contribution < 1.29 is 0 Å². The van der Waals surface area contributed by atoms with Gasteiger partial charge in [0.15, 0.2) is 0 Å². The van der Waals surface area contributed by atoms with Crippen LogP contribution in [0, 0.1) is 6.92 Å². The summed E-state index contributed by atoms with van der Waals surface area (Å²) in [6.45, 7) is 13.5. The van der Waals surface area contributed by atoms with Crippen molar-refractivity contribution in [1.29, 1.82) is 0 Å². The zero-order chi connectivity index (χ0) is 17.5. The molecule has 1 heterocycles. The summed E-state index contributed by atoms with van der Waals surface area (Å²) in [5, 5.41) is 1.26. The summed E-state index contributed by atoms with van der Waals surface area (Å²) in [4.78, 5) is 4.95. The Balaban J connectivity index is 2.25. The van der Waals surface area contributed by atoms with Crippen LogP contribution in [-0.4, -0.2) is 4.98 Å². The molecule has 0 saturated carbocycles. The normalized spacial score (nSPS) is 12.1. The fourth-order valence-corrected chi connectivity index (χ4v) is 3.19. The first-order chi connectivity index (χ1) is 11.3. The molecule has 0 fully saturated rings.